The van der Waals surface area contributed by atoms with E-state index in [1.165, 1.54) is 23.5 Å². The minimum Gasteiger partial charge on any atom is -0.303 e. The maximum atomic E-state index is 4.94. The second-order valence-corrected chi connectivity index (χ2v) is 8.49. The third kappa shape index (κ3) is 3.79. The zero-order valence-electron chi connectivity index (χ0n) is 13.2. The quantitative estimate of drug-likeness (QED) is 0.861. The van der Waals surface area contributed by atoms with Gasteiger partial charge in [0.25, 0.3) is 0 Å². The molecule has 1 saturated carbocycles. The van der Waals surface area contributed by atoms with Crippen molar-refractivity contribution in [2.75, 3.05) is 0 Å². The maximum absolute atomic E-state index is 4.94. The highest BCUT2D eigenvalue weighted by molar-refractivity contribution is 7.09. The molecule has 0 saturated heterocycles. The zero-order chi connectivity index (χ0) is 14.3. The molecule has 0 radical (unpaired) electrons. The average Bonchev–Trinajstić information content (AvgIpc) is 2.89. The summed E-state index contributed by atoms with van der Waals surface area (Å²) in [4.78, 5) is 4.94. The van der Waals surface area contributed by atoms with Crippen LogP contribution in [0, 0.1) is 5.92 Å². The summed E-state index contributed by atoms with van der Waals surface area (Å²) in [5.74, 6) is 0.679. The molecule has 1 N–H and O–H groups in total. The van der Waals surface area contributed by atoms with E-state index in [4.69, 9.17) is 4.98 Å². The van der Waals surface area contributed by atoms with Crippen molar-refractivity contribution in [3.05, 3.63) is 16.1 Å². The van der Waals surface area contributed by atoms with E-state index in [0.29, 0.717) is 12.0 Å². The fourth-order valence-corrected chi connectivity index (χ4v) is 3.76. The molecule has 19 heavy (non-hydrogen) atoms. The van der Waals surface area contributed by atoms with E-state index >= 15 is 0 Å². The summed E-state index contributed by atoms with van der Waals surface area (Å²) in [6, 6.07) is 0.714. The molecule has 1 aromatic rings. The molecule has 108 valence electrons. The average molecular weight is 280 g/mol. The SMILES string of the molecule is CC(C)CC(C)(NC1CC1)c1nc(C(C)(C)C)cs1. The maximum Gasteiger partial charge on any atom is 0.113 e. The number of nitrogens with one attached hydrogen (secondary N) is 1. The molecule has 1 aromatic heterocycles. The molecule has 1 atom stereocenters. The molecule has 1 unspecified atom stereocenters. The van der Waals surface area contributed by atoms with Gasteiger partial charge in [0, 0.05) is 16.8 Å². The molecule has 1 fully saturated rings. The van der Waals surface area contributed by atoms with Crippen LogP contribution < -0.4 is 5.32 Å². The van der Waals surface area contributed by atoms with E-state index in [1.54, 1.807) is 0 Å². The molecule has 0 aromatic carbocycles. The van der Waals surface area contributed by atoms with Gasteiger partial charge in [-0.05, 0) is 32.1 Å². The van der Waals surface area contributed by atoms with Gasteiger partial charge in [0.05, 0.1) is 11.2 Å². The van der Waals surface area contributed by atoms with E-state index < -0.39 is 0 Å². The molecular weight excluding hydrogens is 252 g/mol. The Labute approximate surface area is 122 Å². The zero-order valence-corrected chi connectivity index (χ0v) is 14.0. The van der Waals surface area contributed by atoms with E-state index in [9.17, 15) is 0 Å². The Hall–Kier alpha value is -0.410. The van der Waals surface area contributed by atoms with Gasteiger partial charge in [-0.25, -0.2) is 4.98 Å². The van der Waals surface area contributed by atoms with Gasteiger partial charge >= 0.3 is 0 Å². The van der Waals surface area contributed by atoms with E-state index in [0.717, 1.165) is 6.42 Å². The first-order valence-electron chi connectivity index (χ1n) is 7.45. The van der Waals surface area contributed by atoms with Crippen molar-refractivity contribution in [3.63, 3.8) is 0 Å². The lowest BCUT2D eigenvalue weighted by Crippen LogP contribution is -2.42. The third-order valence-corrected chi connectivity index (χ3v) is 4.77. The van der Waals surface area contributed by atoms with Crippen LogP contribution in [0.3, 0.4) is 0 Å². The molecule has 0 bridgehead atoms. The fraction of sp³-hybridized carbons (Fsp3) is 0.812. The largest absolute Gasteiger partial charge is 0.303 e. The Morgan fingerprint density at radius 2 is 1.95 bits per heavy atom. The van der Waals surface area contributed by atoms with Crippen molar-refractivity contribution in [2.24, 2.45) is 5.92 Å². The highest BCUT2D eigenvalue weighted by atomic mass is 32.1. The molecule has 2 rings (SSSR count). The van der Waals surface area contributed by atoms with Gasteiger partial charge < -0.3 is 5.32 Å². The van der Waals surface area contributed by atoms with Gasteiger partial charge in [0.2, 0.25) is 0 Å². The Morgan fingerprint density at radius 3 is 2.37 bits per heavy atom. The van der Waals surface area contributed by atoms with Crippen molar-refractivity contribution in [3.8, 4) is 0 Å². The second kappa shape index (κ2) is 5.17. The van der Waals surface area contributed by atoms with Crippen molar-refractivity contribution in [1.82, 2.24) is 10.3 Å². The first kappa shape index (κ1) is 15.0. The molecule has 2 nitrogen and oxygen atoms in total. The van der Waals surface area contributed by atoms with Crippen LogP contribution in [-0.4, -0.2) is 11.0 Å². The van der Waals surface area contributed by atoms with Gasteiger partial charge in [0.1, 0.15) is 5.01 Å². The Kier molecular flexibility index (Phi) is 4.08. The minimum atomic E-state index is 0.0451. The molecule has 1 aliphatic carbocycles. The lowest BCUT2D eigenvalue weighted by Gasteiger charge is -2.31. The van der Waals surface area contributed by atoms with Crippen molar-refractivity contribution >= 4 is 11.3 Å². The lowest BCUT2D eigenvalue weighted by atomic mass is 9.90. The number of aromatic nitrogens is 1. The Bertz CT molecular complexity index is 420. The molecule has 0 amide bonds. The lowest BCUT2D eigenvalue weighted by molar-refractivity contribution is 0.292. The molecule has 1 heterocycles. The number of thiazole rings is 1. The smallest absolute Gasteiger partial charge is 0.113 e. The molecule has 0 aliphatic heterocycles. The number of hydrogen-bond donors (Lipinski definition) is 1. The third-order valence-electron chi connectivity index (χ3n) is 3.66. The summed E-state index contributed by atoms with van der Waals surface area (Å²) in [5, 5.41) is 7.33. The van der Waals surface area contributed by atoms with Crippen LogP contribution >= 0.6 is 11.3 Å². The number of nitrogens with zero attached hydrogens (tertiary/aromatic N) is 1. The van der Waals surface area contributed by atoms with Crippen molar-refractivity contribution in [2.45, 2.75) is 77.8 Å². The van der Waals surface area contributed by atoms with Gasteiger partial charge in [-0.2, -0.15) is 0 Å². The van der Waals surface area contributed by atoms with Crippen LogP contribution in [0.5, 0.6) is 0 Å². The Balaban J connectivity index is 2.24. The first-order chi connectivity index (χ1) is 8.71. The van der Waals surface area contributed by atoms with E-state index in [1.807, 2.05) is 11.3 Å². The van der Waals surface area contributed by atoms with Crippen LogP contribution in [0.4, 0.5) is 0 Å². The second-order valence-electron chi connectivity index (χ2n) is 7.64. The fourth-order valence-electron chi connectivity index (χ4n) is 2.57. The van der Waals surface area contributed by atoms with E-state index in [-0.39, 0.29) is 11.0 Å². The van der Waals surface area contributed by atoms with Crippen molar-refractivity contribution < 1.29 is 0 Å². The van der Waals surface area contributed by atoms with Crippen LogP contribution in [0.2, 0.25) is 0 Å². The van der Waals surface area contributed by atoms with Crippen LogP contribution in [0.1, 0.15) is 71.5 Å². The summed E-state index contributed by atoms with van der Waals surface area (Å²) in [7, 11) is 0. The molecule has 0 spiro atoms. The predicted molar refractivity (Wildman–Crippen MR) is 83.8 cm³/mol. The topological polar surface area (TPSA) is 24.9 Å². The first-order valence-corrected chi connectivity index (χ1v) is 8.33. The minimum absolute atomic E-state index is 0.0451. The summed E-state index contributed by atoms with van der Waals surface area (Å²) in [6.45, 7) is 13.6. The highest BCUT2D eigenvalue weighted by Crippen LogP contribution is 2.36. The number of hydrogen-bond acceptors (Lipinski definition) is 3. The summed E-state index contributed by atoms with van der Waals surface area (Å²) in [5.41, 5.74) is 1.41. The van der Waals surface area contributed by atoms with Crippen LogP contribution in [0.25, 0.3) is 0 Å². The molecule has 1 aliphatic rings. The van der Waals surface area contributed by atoms with Gasteiger partial charge in [-0.3, -0.25) is 0 Å². The van der Waals surface area contributed by atoms with Gasteiger partial charge in [0.15, 0.2) is 0 Å². The molecular formula is C16H28N2S. The van der Waals surface area contributed by atoms with Gasteiger partial charge in [-0.15, -0.1) is 11.3 Å². The van der Waals surface area contributed by atoms with E-state index in [2.05, 4.69) is 52.2 Å². The van der Waals surface area contributed by atoms with Crippen LogP contribution in [-0.2, 0) is 11.0 Å². The normalized spacial score (nSPS) is 19.7. The number of rotatable bonds is 5. The van der Waals surface area contributed by atoms with Crippen molar-refractivity contribution in [1.29, 1.82) is 0 Å². The standard InChI is InChI=1S/C16H28N2S/c1-11(2)9-16(6,18-12-7-8-12)14-17-13(10-19-14)15(3,4)5/h10-12,18H,7-9H2,1-6H3. The Morgan fingerprint density at radius 1 is 1.32 bits per heavy atom. The summed E-state index contributed by atoms with van der Waals surface area (Å²) in [6.07, 6.45) is 3.80. The highest BCUT2D eigenvalue weighted by Gasteiger charge is 2.37. The summed E-state index contributed by atoms with van der Waals surface area (Å²) >= 11 is 1.82. The molecule has 3 heteroatoms. The van der Waals surface area contributed by atoms with Gasteiger partial charge in [-0.1, -0.05) is 34.6 Å². The summed E-state index contributed by atoms with van der Waals surface area (Å²) < 4.78 is 0. The predicted octanol–water partition coefficient (Wildman–Crippen LogP) is 4.45. The van der Waals surface area contributed by atoms with Crippen LogP contribution in [0.15, 0.2) is 5.38 Å². The monoisotopic (exact) mass is 280 g/mol.